The number of amides is 3. The highest BCUT2D eigenvalue weighted by Crippen LogP contribution is 2.55. The molecule has 7 heteroatoms. The van der Waals surface area contributed by atoms with Gasteiger partial charge in [-0.3, -0.25) is 9.78 Å². The summed E-state index contributed by atoms with van der Waals surface area (Å²) in [5.74, 6) is 2.19. The van der Waals surface area contributed by atoms with E-state index in [1.165, 1.54) is 19.3 Å². The Kier molecular flexibility index (Phi) is 5.86. The summed E-state index contributed by atoms with van der Waals surface area (Å²) in [4.78, 5) is 32.7. The third-order valence-corrected chi connectivity index (χ3v) is 8.54. The summed E-state index contributed by atoms with van der Waals surface area (Å²) in [5.41, 5.74) is 3.09. The highest BCUT2D eigenvalue weighted by molar-refractivity contribution is 6.02. The van der Waals surface area contributed by atoms with Crippen LogP contribution in [0.1, 0.15) is 67.3 Å². The molecule has 0 spiro atoms. The Morgan fingerprint density at radius 2 is 1.71 bits per heavy atom. The van der Waals surface area contributed by atoms with Crippen molar-refractivity contribution in [1.29, 1.82) is 0 Å². The van der Waals surface area contributed by atoms with Gasteiger partial charge in [-0.15, -0.1) is 0 Å². The van der Waals surface area contributed by atoms with Gasteiger partial charge in [0.25, 0.3) is 5.91 Å². The van der Waals surface area contributed by atoms with Crippen LogP contribution in [-0.2, 0) is 6.54 Å². The summed E-state index contributed by atoms with van der Waals surface area (Å²) >= 11 is 0. The lowest BCUT2D eigenvalue weighted by molar-refractivity contribution is -0.0127. The second-order valence-corrected chi connectivity index (χ2v) is 11.2. The molecule has 5 aliphatic rings. The van der Waals surface area contributed by atoms with E-state index >= 15 is 0 Å². The van der Waals surface area contributed by atoms with Gasteiger partial charge in [-0.2, -0.15) is 0 Å². The van der Waals surface area contributed by atoms with Gasteiger partial charge in [0.1, 0.15) is 0 Å². The lowest BCUT2D eigenvalue weighted by Crippen LogP contribution is -2.60. The first-order valence-corrected chi connectivity index (χ1v) is 13.2. The Balaban J connectivity index is 1.17. The van der Waals surface area contributed by atoms with E-state index in [1.807, 2.05) is 30.3 Å². The summed E-state index contributed by atoms with van der Waals surface area (Å²) in [7, 11) is 0. The van der Waals surface area contributed by atoms with Crippen LogP contribution in [0.5, 0.6) is 0 Å². The SMILES string of the molecule is O=C(Nc1ccc(N2CCCC2)c(C(=O)NCc2cccnc2)c1)NC12CC3CC(CC(C3)C1)C2. The summed E-state index contributed by atoms with van der Waals surface area (Å²) in [6.45, 7) is 2.31. The number of carbonyl (C=O) groups excluding carboxylic acids is 2. The molecule has 4 bridgehead atoms. The van der Waals surface area contributed by atoms with Gasteiger partial charge in [0, 0.05) is 48.9 Å². The van der Waals surface area contributed by atoms with E-state index in [0.717, 1.165) is 74.2 Å². The molecular formula is C28H35N5O2. The van der Waals surface area contributed by atoms with Crippen molar-refractivity contribution in [1.82, 2.24) is 15.6 Å². The molecule has 2 heterocycles. The van der Waals surface area contributed by atoms with Crippen molar-refractivity contribution in [3.05, 3.63) is 53.9 Å². The first kappa shape index (κ1) is 22.4. The Labute approximate surface area is 207 Å². The normalized spacial score (nSPS) is 28.7. The third kappa shape index (κ3) is 4.73. The average Bonchev–Trinajstić information content (AvgIpc) is 3.37. The molecule has 0 radical (unpaired) electrons. The Morgan fingerprint density at radius 1 is 1.00 bits per heavy atom. The van der Waals surface area contributed by atoms with Crippen LogP contribution in [0.25, 0.3) is 0 Å². The average molecular weight is 474 g/mol. The molecule has 4 saturated carbocycles. The largest absolute Gasteiger partial charge is 0.371 e. The van der Waals surface area contributed by atoms with Gasteiger partial charge in [0.2, 0.25) is 0 Å². The fourth-order valence-electron chi connectivity index (χ4n) is 7.48. The number of urea groups is 1. The lowest BCUT2D eigenvalue weighted by Gasteiger charge is -2.56. The minimum Gasteiger partial charge on any atom is -0.371 e. The standard InChI is InChI=1S/C28H35N5O2/c34-26(30-18-19-4-3-7-29-17-19)24-13-23(5-6-25(24)33-8-1-2-9-33)31-27(35)32-28-14-20-10-21(15-28)12-22(11-20)16-28/h3-7,13,17,20-22H,1-2,8-12,14-16,18H2,(H,30,34)(H2,31,32,35). The number of rotatable bonds is 6. The Hall–Kier alpha value is -3.09. The van der Waals surface area contributed by atoms with Gasteiger partial charge >= 0.3 is 6.03 Å². The van der Waals surface area contributed by atoms with Crippen LogP contribution in [-0.4, -0.2) is 35.6 Å². The van der Waals surface area contributed by atoms with Crippen LogP contribution in [0.2, 0.25) is 0 Å². The van der Waals surface area contributed by atoms with E-state index in [0.29, 0.717) is 17.8 Å². The van der Waals surface area contributed by atoms with Crippen molar-refractivity contribution >= 4 is 23.3 Å². The molecule has 2 aromatic rings. The van der Waals surface area contributed by atoms with Crippen LogP contribution in [0.3, 0.4) is 0 Å². The van der Waals surface area contributed by atoms with Gasteiger partial charge < -0.3 is 20.9 Å². The molecule has 4 aliphatic carbocycles. The zero-order valence-electron chi connectivity index (χ0n) is 20.3. The summed E-state index contributed by atoms with van der Waals surface area (Å²) in [6.07, 6.45) is 13.1. The molecule has 5 fully saturated rings. The molecule has 1 aromatic heterocycles. The molecule has 184 valence electrons. The fourth-order valence-corrected chi connectivity index (χ4v) is 7.48. The molecule has 7 nitrogen and oxygen atoms in total. The van der Waals surface area contributed by atoms with Gasteiger partial charge in [-0.05, 0) is 98.9 Å². The second-order valence-electron chi connectivity index (χ2n) is 11.2. The Bertz CT molecular complexity index is 1060. The fraction of sp³-hybridized carbons (Fsp3) is 0.536. The molecular weight excluding hydrogens is 438 g/mol. The van der Waals surface area contributed by atoms with Gasteiger partial charge in [0.05, 0.1) is 5.56 Å². The molecule has 1 aromatic carbocycles. The minimum absolute atomic E-state index is 0.0434. The van der Waals surface area contributed by atoms with Crippen molar-refractivity contribution in [2.75, 3.05) is 23.3 Å². The smallest absolute Gasteiger partial charge is 0.319 e. The van der Waals surface area contributed by atoms with E-state index in [-0.39, 0.29) is 17.5 Å². The van der Waals surface area contributed by atoms with E-state index in [1.54, 1.807) is 12.4 Å². The van der Waals surface area contributed by atoms with E-state index in [2.05, 4.69) is 25.8 Å². The molecule has 3 N–H and O–H groups in total. The quantitative estimate of drug-likeness (QED) is 0.568. The van der Waals surface area contributed by atoms with Gasteiger partial charge in [-0.25, -0.2) is 4.79 Å². The van der Waals surface area contributed by atoms with E-state index in [4.69, 9.17) is 0 Å². The van der Waals surface area contributed by atoms with Crippen molar-refractivity contribution in [2.24, 2.45) is 17.8 Å². The molecule has 1 aliphatic heterocycles. The number of aromatic nitrogens is 1. The van der Waals surface area contributed by atoms with Crippen molar-refractivity contribution < 1.29 is 9.59 Å². The Morgan fingerprint density at radius 3 is 2.37 bits per heavy atom. The van der Waals surface area contributed by atoms with Gasteiger partial charge in [0.15, 0.2) is 0 Å². The van der Waals surface area contributed by atoms with E-state index in [9.17, 15) is 9.59 Å². The zero-order valence-corrected chi connectivity index (χ0v) is 20.3. The number of pyridine rings is 1. The van der Waals surface area contributed by atoms with Crippen LogP contribution < -0.4 is 20.9 Å². The predicted molar refractivity (Wildman–Crippen MR) is 136 cm³/mol. The molecule has 3 amide bonds. The maximum atomic E-state index is 13.2. The first-order chi connectivity index (χ1) is 17.1. The van der Waals surface area contributed by atoms with E-state index < -0.39 is 0 Å². The number of nitrogens with one attached hydrogen (secondary N) is 3. The van der Waals surface area contributed by atoms with Gasteiger partial charge in [-0.1, -0.05) is 6.07 Å². The maximum Gasteiger partial charge on any atom is 0.319 e. The highest BCUT2D eigenvalue weighted by atomic mass is 16.2. The molecule has 35 heavy (non-hydrogen) atoms. The van der Waals surface area contributed by atoms with Crippen LogP contribution in [0.15, 0.2) is 42.7 Å². The number of benzene rings is 1. The number of hydrogen-bond donors (Lipinski definition) is 3. The number of hydrogen-bond acceptors (Lipinski definition) is 4. The molecule has 0 unspecified atom stereocenters. The molecule has 7 rings (SSSR count). The predicted octanol–water partition coefficient (Wildman–Crippen LogP) is 4.70. The molecule has 1 saturated heterocycles. The maximum absolute atomic E-state index is 13.2. The van der Waals surface area contributed by atoms with Crippen molar-refractivity contribution in [2.45, 2.75) is 63.5 Å². The van der Waals surface area contributed by atoms with Crippen molar-refractivity contribution in [3.8, 4) is 0 Å². The summed E-state index contributed by atoms with van der Waals surface area (Å²) < 4.78 is 0. The second kappa shape index (κ2) is 9.17. The zero-order chi connectivity index (χ0) is 23.8. The third-order valence-electron chi connectivity index (χ3n) is 8.54. The highest BCUT2D eigenvalue weighted by Gasteiger charge is 2.51. The number of anilines is 2. The van der Waals surface area contributed by atoms with Crippen LogP contribution in [0.4, 0.5) is 16.2 Å². The number of carbonyl (C=O) groups is 2. The molecule has 0 atom stereocenters. The van der Waals surface area contributed by atoms with Crippen LogP contribution >= 0.6 is 0 Å². The minimum atomic E-state index is -0.150. The number of nitrogens with zero attached hydrogens (tertiary/aromatic N) is 2. The summed E-state index contributed by atoms with van der Waals surface area (Å²) in [5, 5.41) is 9.44. The first-order valence-electron chi connectivity index (χ1n) is 13.2. The van der Waals surface area contributed by atoms with Crippen molar-refractivity contribution in [3.63, 3.8) is 0 Å². The monoisotopic (exact) mass is 473 g/mol. The van der Waals surface area contributed by atoms with Crippen LogP contribution in [0, 0.1) is 17.8 Å². The summed E-state index contributed by atoms with van der Waals surface area (Å²) in [6, 6.07) is 9.38. The lowest BCUT2D eigenvalue weighted by atomic mass is 9.53. The topological polar surface area (TPSA) is 86.4 Å².